The molecule has 1 aliphatic carbocycles. The fraction of sp³-hybridized carbons (Fsp3) is 0.700. The van der Waals surface area contributed by atoms with Gasteiger partial charge >= 0.3 is 0 Å². The standard InChI is InChI=1S/C20H31N3O2/c1-15-12-18(16(2)21-15)19(24)14-22-8-5-9-23(11-10-22)20(25)13-17-6-3-4-7-17/h12,17,21H,3-11,13-14H2,1-2H3. The van der Waals surface area contributed by atoms with E-state index >= 15 is 0 Å². The van der Waals surface area contributed by atoms with Crippen LogP contribution in [-0.2, 0) is 4.79 Å². The molecule has 2 fully saturated rings. The van der Waals surface area contributed by atoms with Crippen LogP contribution in [-0.4, -0.2) is 59.2 Å². The molecule has 1 aliphatic heterocycles. The van der Waals surface area contributed by atoms with Gasteiger partial charge in [0.15, 0.2) is 5.78 Å². The molecule has 1 saturated carbocycles. The van der Waals surface area contributed by atoms with Gasteiger partial charge in [0.2, 0.25) is 5.91 Å². The summed E-state index contributed by atoms with van der Waals surface area (Å²) in [5, 5.41) is 0. The van der Waals surface area contributed by atoms with E-state index in [0.717, 1.165) is 56.0 Å². The number of Topliss-reactive ketones (excluding diaryl/α,β-unsaturated/α-hetero) is 1. The second kappa shape index (κ2) is 8.17. The first-order chi connectivity index (χ1) is 12.0. The van der Waals surface area contributed by atoms with Crippen molar-refractivity contribution in [2.24, 2.45) is 5.92 Å². The van der Waals surface area contributed by atoms with Crippen LogP contribution in [0, 0.1) is 19.8 Å². The molecule has 25 heavy (non-hydrogen) atoms. The average Bonchev–Trinajstić information content (AvgIpc) is 3.12. The van der Waals surface area contributed by atoms with Crippen LogP contribution >= 0.6 is 0 Å². The van der Waals surface area contributed by atoms with Crippen molar-refractivity contribution >= 4 is 11.7 Å². The van der Waals surface area contributed by atoms with Gasteiger partial charge in [-0.05, 0) is 45.1 Å². The molecule has 0 radical (unpaired) electrons. The number of aromatic amines is 1. The van der Waals surface area contributed by atoms with Crippen LogP contribution in [0.3, 0.4) is 0 Å². The first-order valence-corrected chi connectivity index (χ1v) is 9.72. The number of amides is 1. The van der Waals surface area contributed by atoms with Gasteiger partial charge in [-0.15, -0.1) is 0 Å². The Morgan fingerprint density at radius 1 is 1.08 bits per heavy atom. The molecule has 0 aromatic carbocycles. The summed E-state index contributed by atoms with van der Waals surface area (Å²) >= 11 is 0. The van der Waals surface area contributed by atoms with Gasteiger partial charge < -0.3 is 9.88 Å². The number of hydrogen-bond donors (Lipinski definition) is 1. The predicted molar refractivity (Wildman–Crippen MR) is 98.8 cm³/mol. The first-order valence-electron chi connectivity index (χ1n) is 9.72. The molecule has 2 aliphatic rings. The number of carbonyl (C=O) groups is 2. The smallest absolute Gasteiger partial charge is 0.222 e. The van der Waals surface area contributed by atoms with Gasteiger partial charge in [-0.1, -0.05) is 12.8 Å². The molecular formula is C20H31N3O2. The highest BCUT2D eigenvalue weighted by atomic mass is 16.2. The lowest BCUT2D eigenvalue weighted by molar-refractivity contribution is -0.132. The quantitative estimate of drug-likeness (QED) is 0.835. The van der Waals surface area contributed by atoms with Crippen molar-refractivity contribution in [3.05, 3.63) is 23.0 Å². The summed E-state index contributed by atoms with van der Waals surface area (Å²) in [5.74, 6) is 1.10. The van der Waals surface area contributed by atoms with E-state index in [4.69, 9.17) is 0 Å². The molecule has 3 rings (SSSR count). The van der Waals surface area contributed by atoms with Gasteiger partial charge in [-0.3, -0.25) is 14.5 Å². The number of aromatic nitrogens is 1. The first kappa shape index (κ1) is 18.2. The van der Waals surface area contributed by atoms with E-state index in [-0.39, 0.29) is 5.78 Å². The molecule has 5 heteroatoms. The third-order valence-electron chi connectivity index (χ3n) is 5.70. The summed E-state index contributed by atoms with van der Waals surface area (Å²) in [6, 6.07) is 1.94. The summed E-state index contributed by atoms with van der Waals surface area (Å²) in [4.78, 5) is 32.5. The van der Waals surface area contributed by atoms with Crippen molar-refractivity contribution in [1.29, 1.82) is 0 Å². The van der Waals surface area contributed by atoms with Gasteiger partial charge in [0.05, 0.1) is 6.54 Å². The molecule has 138 valence electrons. The summed E-state index contributed by atoms with van der Waals surface area (Å²) in [5.41, 5.74) is 2.78. The molecule has 2 heterocycles. The lowest BCUT2D eigenvalue weighted by Gasteiger charge is -2.23. The van der Waals surface area contributed by atoms with Crippen LogP contribution < -0.4 is 0 Å². The van der Waals surface area contributed by atoms with Crippen molar-refractivity contribution in [3.63, 3.8) is 0 Å². The summed E-state index contributed by atoms with van der Waals surface area (Å²) in [7, 11) is 0. The van der Waals surface area contributed by atoms with Gasteiger partial charge in [0.25, 0.3) is 0 Å². The van der Waals surface area contributed by atoms with Crippen LogP contribution in [0.25, 0.3) is 0 Å². The van der Waals surface area contributed by atoms with E-state index in [1.165, 1.54) is 25.7 Å². The second-order valence-corrected chi connectivity index (χ2v) is 7.78. The number of rotatable bonds is 5. The minimum atomic E-state index is 0.174. The Kier molecular flexibility index (Phi) is 5.94. The predicted octanol–water partition coefficient (Wildman–Crippen LogP) is 2.93. The minimum absolute atomic E-state index is 0.174. The molecule has 0 unspecified atom stereocenters. The van der Waals surface area contributed by atoms with E-state index in [2.05, 4.69) is 9.88 Å². The molecule has 0 atom stereocenters. The minimum Gasteiger partial charge on any atom is -0.362 e. The summed E-state index contributed by atoms with van der Waals surface area (Å²) in [6.45, 7) is 7.65. The van der Waals surface area contributed by atoms with Gasteiger partial charge in [-0.25, -0.2) is 0 Å². The van der Waals surface area contributed by atoms with Gasteiger partial charge in [-0.2, -0.15) is 0 Å². The molecule has 1 saturated heterocycles. The van der Waals surface area contributed by atoms with Crippen LogP contribution in [0.1, 0.15) is 60.3 Å². The third-order valence-corrected chi connectivity index (χ3v) is 5.70. The second-order valence-electron chi connectivity index (χ2n) is 7.78. The lowest BCUT2D eigenvalue weighted by Crippen LogP contribution is -2.37. The van der Waals surface area contributed by atoms with E-state index < -0.39 is 0 Å². The number of H-pyrrole nitrogens is 1. The maximum Gasteiger partial charge on any atom is 0.222 e. The molecule has 1 aromatic rings. The van der Waals surface area contributed by atoms with E-state index in [9.17, 15) is 9.59 Å². The van der Waals surface area contributed by atoms with Crippen LogP contribution in [0.5, 0.6) is 0 Å². The largest absolute Gasteiger partial charge is 0.362 e. The lowest BCUT2D eigenvalue weighted by atomic mass is 10.0. The van der Waals surface area contributed by atoms with Crippen LogP contribution in [0.4, 0.5) is 0 Å². The Morgan fingerprint density at radius 3 is 2.52 bits per heavy atom. The molecule has 5 nitrogen and oxygen atoms in total. The van der Waals surface area contributed by atoms with Crippen molar-refractivity contribution in [2.75, 3.05) is 32.7 Å². The van der Waals surface area contributed by atoms with E-state index in [0.29, 0.717) is 18.4 Å². The zero-order valence-electron chi connectivity index (χ0n) is 15.6. The van der Waals surface area contributed by atoms with Crippen molar-refractivity contribution in [1.82, 2.24) is 14.8 Å². The van der Waals surface area contributed by atoms with Crippen LogP contribution in [0.15, 0.2) is 6.07 Å². The Hall–Kier alpha value is -1.62. The zero-order valence-corrected chi connectivity index (χ0v) is 15.6. The van der Waals surface area contributed by atoms with Crippen molar-refractivity contribution < 1.29 is 9.59 Å². The molecule has 0 spiro atoms. The highest BCUT2D eigenvalue weighted by Crippen LogP contribution is 2.28. The molecule has 1 aromatic heterocycles. The van der Waals surface area contributed by atoms with Gasteiger partial charge in [0.1, 0.15) is 0 Å². The number of aryl methyl sites for hydroxylation is 2. The van der Waals surface area contributed by atoms with E-state index in [1.54, 1.807) is 0 Å². The highest BCUT2D eigenvalue weighted by molar-refractivity contribution is 5.98. The molecule has 1 N–H and O–H groups in total. The van der Waals surface area contributed by atoms with Gasteiger partial charge in [0, 0.05) is 49.6 Å². The number of carbonyl (C=O) groups excluding carboxylic acids is 2. The number of hydrogen-bond acceptors (Lipinski definition) is 3. The fourth-order valence-electron chi connectivity index (χ4n) is 4.27. The topological polar surface area (TPSA) is 56.4 Å². The molecule has 0 bridgehead atoms. The maximum absolute atomic E-state index is 12.6. The van der Waals surface area contributed by atoms with E-state index in [1.807, 2.05) is 24.8 Å². The summed E-state index contributed by atoms with van der Waals surface area (Å²) < 4.78 is 0. The normalized spacial score (nSPS) is 20.0. The average molecular weight is 345 g/mol. The SMILES string of the molecule is Cc1cc(C(=O)CN2CCCN(C(=O)CC3CCCC3)CC2)c(C)[nH]1. The Morgan fingerprint density at radius 2 is 1.84 bits per heavy atom. The number of nitrogens with zero attached hydrogens (tertiary/aromatic N) is 2. The van der Waals surface area contributed by atoms with Crippen molar-refractivity contribution in [2.45, 2.75) is 52.4 Å². The monoisotopic (exact) mass is 345 g/mol. The zero-order chi connectivity index (χ0) is 17.8. The van der Waals surface area contributed by atoms with Crippen molar-refractivity contribution in [3.8, 4) is 0 Å². The third kappa shape index (κ3) is 4.72. The maximum atomic E-state index is 12.6. The fourth-order valence-corrected chi connectivity index (χ4v) is 4.27. The Balaban J connectivity index is 1.50. The molecule has 1 amide bonds. The number of ketones is 1. The number of nitrogens with one attached hydrogen (secondary N) is 1. The Bertz CT molecular complexity index is 616. The Labute approximate surface area is 150 Å². The van der Waals surface area contributed by atoms with Crippen LogP contribution in [0.2, 0.25) is 0 Å². The highest BCUT2D eigenvalue weighted by Gasteiger charge is 2.25. The molecular weight excluding hydrogens is 314 g/mol. The summed E-state index contributed by atoms with van der Waals surface area (Å²) in [6.07, 6.45) is 6.68.